The van der Waals surface area contributed by atoms with Crippen molar-refractivity contribution in [1.82, 2.24) is 9.88 Å². The molecule has 1 heterocycles. The van der Waals surface area contributed by atoms with Gasteiger partial charge in [0.05, 0.1) is 18.4 Å². The molecule has 0 atom stereocenters. The van der Waals surface area contributed by atoms with Crippen molar-refractivity contribution in [3.05, 3.63) is 89.7 Å². The second-order valence-corrected chi connectivity index (χ2v) is 6.43. The molecule has 1 amide bonds. The summed E-state index contributed by atoms with van der Waals surface area (Å²) in [6.07, 6.45) is 3.34. The number of para-hydroxylation sites is 1. The molecular formula is C23H25N3O2. The Kier molecular flexibility index (Phi) is 6.63. The van der Waals surface area contributed by atoms with E-state index >= 15 is 0 Å². The van der Waals surface area contributed by atoms with Gasteiger partial charge in [-0.1, -0.05) is 48.5 Å². The third kappa shape index (κ3) is 4.88. The summed E-state index contributed by atoms with van der Waals surface area (Å²) < 4.78 is 5.38. The number of carbonyl (C=O) groups excluding carboxylic acids is 1. The van der Waals surface area contributed by atoms with Crippen LogP contribution in [0.2, 0.25) is 0 Å². The minimum Gasteiger partial charge on any atom is -0.496 e. The van der Waals surface area contributed by atoms with Gasteiger partial charge in [-0.05, 0) is 24.6 Å². The van der Waals surface area contributed by atoms with Crippen molar-refractivity contribution < 1.29 is 9.53 Å². The van der Waals surface area contributed by atoms with Crippen molar-refractivity contribution in [2.24, 2.45) is 0 Å². The Labute approximate surface area is 166 Å². The summed E-state index contributed by atoms with van der Waals surface area (Å²) in [7, 11) is 1.66. The Morgan fingerprint density at radius 1 is 1.07 bits per heavy atom. The van der Waals surface area contributed by atoms with Gasteiger partial charge in [0.1, 0.15) is 5.75 Å². The first kappa shape index (κ1) is 19.4. The van der Waals surface area contributed by atoms with Crippen LogP contribution in [0.1, 0.15) is 28.4 Å². The van der Waals surface area contributed by atoms with Crippen LogP contribution in [-0.2, 0) is 13.1 Å². The average molecular weight is 375 g/mol. The number of rotatable bonds is 8. The third-order valence-corrected chi connectivity index (χ3v) is 4.55. The molecule has 0 saturated heterocycles. The van der Waals surface area contributed by atoms with Gasteiger partial charge in [-0.3, -0.25) is 9.78 Å². The molecule has 0 fully saturated rings. The van der Waals surface area contributed by atoms with Gasteiger partial charge in [-0.25, -0.2) is 0 Å². The number of aromatic nitrogens is 1. The van der Waals surface area contributed by atoms with Crippen LogP contribution in [-0.4, -0.2) is 29.4 Å². The van der Waals surface area contributed by atoms with Crippen LogP contribution >= 0.6 is 0 Å². The maximum atomic E-state index is 12.9. The first-order chi connectivity index (χ1) is 13.7. The van der Waals surface area contributed by atoms with Gasteiger partial charge in [0.25, 0.3) is 5.91 Å². The number of hydrogen-bond donors (Lipinski definition) is 1. The molecule has 0 spiro atoms. The Morgan fingerprint density at radius 3 is 2.57 bits per heavy atom. The summed E-state index contributed by atoms with van der Waals surface area (Å²) in [5.74, 6) is 0.801. The lowest BCUT2D eigenvalue weighted by atomic mass is 10.1. The van der Waals surface area contributed by atoms with Gasteiger partial charge in [0, 0.05) is 37.6 Å². The predicted octanol–water partition coefficient (Wildman–Crippen LogP) is 4.36. The fourth-order valence-electron chi connectivity index (χ4n) is 3.01. The zero-order chi connectivity index (χ0) is 19.8. The van der Waals surface area contributed by atoms with Gasteiger partial charge < -0.3 is 15.0 Å². The van der Waals surface area contributed by atoms with E-state index in [1.165, 1.54) is 0 Å². The molecule has 0 saturated carbocycles. The van der Waals surface area contributed by atoms with E-state index in [-0.39, 0.29) is 5.91 Å². The maximum absolute atomic E-state index is 12.9. The van der Waals surface area contributed by atoms with E-state index in [0.29, 0.717) is 25.2 Å². The summed E-state index contributed by atoms with van der Waals surface area (Å²) in [4.78, 5) is 19.0. The van der Waals surface area contributed by atoms with Crippen molar-refractivity contribution in [2.75, 3.05) is 19.0 Å². The summed E-state index contributed by atoms with van der Waals surface area (Å²) >= 11 is 0. The largest absolute Gasteiger partial charge is 0.496 e. The molecule has 0 aliphatic rings. The van der Waals surface area contributed by atoms with E-state index in [2.05, 4.69) is 10.3 Å². The van der Waals surface area contributed by atoms with E-state index in [0.717, 1.165) is 22.6 Å². The minimum absolute atomic E-state index is 0.0280. The topological polar surface area (TPSA) is 54.5 Å². The van der Waals surface area contributed by atoms with Crippen molar-refractivity contribution in [2.45, 2.75) is 20.0 Å². The van der Waals surface area contributed by atoms with Crippen molar-refractivity contribution >= 4 is 11.6 Å². The van der Waals surface area contributed by atoms with Crippen molar-refractivity contribution in [3.8, 4) is 5.75 Å². The molecular weight excluding hydrogens is 350 g/mol. The molecule has 1 aromatic heterocycles. The van der Waals surface area contributed by atoms with Crippen LogP contribution < -0.4 is 10.1 Å². The lowest BCUT2D eigenvalue weighted by molar-refractivity contribution is 0.0752. The van der Waals surface area contributed by atoms with Gasteiger partial charge in [-0.15, -0.1) is 0 Å². The number of anilines is 1. The zero-order valence-electron chi connectivity index (χ0n) is 16.3. The number of methoxy groups -OCH3 is 1. The highest BCUT2D eigenvalue weighted by atomic mass is 16.5. The maximum Gasteiger partial charge on any atom is 0.255 e. The zero-order valence-corrected chi connectivity index (χ0v) is 16.3. The highest BCUT2D eigenvalue weighted by molar-refractivity contribution is 5.94. The van der Waals surface area contributed by atoms with E-state index in [1.54, 1.807) is 19.5 Å². The Hall–Kier alpha value is -3.34. The SMILES string of the molecule is CCN(Cc1ccccc1)C(=O)c1cncc(NCc2ccccc2OC)c1. The summed E-state index contributed by atoms with van der Waals surface area (Å²) in [5, 5.41) is 3.32. The van der Waals surface area contributed by atoms with Crippen LogP contribution in [0.3, 0.4) is 0 Å². The summed E-state index contributed by atoms with van der Waals surface area (Å²) in [6.45, 7) is 3.78. The number of nitrogens with zero attached hydrogens (tertiary/aromatic N) is 2. The summed E-state index contributed by atoms with van der Waals surface area (Å²) in [5.41, 5.74) is 3.52. The standard InChI is InChI=1S/C23H25N3O2/c1-3-26(17-18-9-5-4-6-10-18)23(27)20-13-21(16-24-14-20)25-15-19-11-7-8-12-22(19)28-2/h4-14,16,25H,3,15,17H2,1-2H3. The quantitative estimate of drug-likeness (QED) is 0.635. The molecule has 0 unspecified atom stereocenters. The average Bonchev–Trinajstić information content (AvgIpc) is 2.76. The number of carbonyl (C=O) groups is 1. The van der Waals surface area contributed by atoms with E-state index in [4.69, 9.17) is 4.74 Å². The molecule has 3 rings (SSSR count). The monoisotopic (exact) mass is 375 g/mol. The Bertz CT molecular complexity index is 912. The van der Waals surface area contributed by atoms with Crippen LogP contribution in [0.5, 0.6) is 5.75 Å². The molecule has 0 aliphatic heterocycles. The second-order valence-electron chi connectivity index (χ2n) is 6.43. The highest BCUT2D eigenvalue weighted by Gasteiger charge is 2.15. The molecule has 5 heteroatoms. The number of pyridine rings is 1. The molecule has 3 aromatic rings. The van der Waals surface area contributed by atoms with E-state index < -0.39 is 0 Å². The van der Waals surface area contributed by atoms with E-state index in [9.17, 15) is 4.79 Å². The fourth-order valence-corrected chi connectivity index (χ4v) is 3.01. The molecule has 1 N–H and O–H groups in total. The van der Waals surface area contributed by atoms with Crippen LogP contribution in [0.15, 0.2) is 73.1 Å². The van der Waals surface area contributed by atoms with E-state index in [1.807, 2.05) is 72.5 Å². The van der Waals surface area contributed by atoms with Gasteiger partial charge in [0.15, 0.2) is 0 Å². The predicted molar refractivity (Wildman–Crippen MR) is 111 cm³/mol. The normalized spacial score (nSPS) is 10.4. The number of ether oxygens (including phenoxy) is 1. The molecule has 5 nitrogen and oxygen atoms in total. The van der Waals surface area contributed by atoms with Crippen molar-refractivity contribution in [1.29, 1.82) is 0 Å². The fraction of sp³-hybridized carbons (Fsp3) is 0.217. The van der Waals surface area contributed by atoms with Crippen molar-refractivity contribution in [3.63, 3.8) is 0 Å². The third-order valence-electron chi connectivity index (χ3n) is 4.55. The van der Waals surface area contributed by atoms with Gasteiger partial charge in [0.2, 0.25) is 0 Å². The van der Waals surface area contributed by atoms with Crippen LogP contribution in [0.25, 0.3) is 0 Å². The first-order valence-corrected chi connectivity index (χ1v) is 9.35. The second kappa shape index (κ2) is 9.55. The van der Waals surface area contributed by atoms with Gasteiger partial charge in [-0.2, -0.15) is 0 Å². The minimum atomic E-state index is -0.0280. The van der Waals surface area contributed by atoms with Crippen LogP contribution in [0.4, 0.5) is 5.69 Å². The molecule has 28 heavy (non-hydrogen) atoms. The van der Waals surface area contributed by atoms with Gasteiger partial charge >= 0.3 is 0 Å². The van der Waals surface area contributed by atoms with Crippen LogP contribution in [0, 0.1) is 0 Å². The Morgan fingerprint density at radius 2 is 1.82 bits per heavy atom. The molecule has 0 bridgehead atoms. The Balaban J connectivity index is 1.70. The molecule has 2 aromatic carbocycles. The number of benzene rings is 2. The molecule has 0 radical (unpaired) electrons. The lowest BCUT2D eigenvalue weighted by Gasteiger charge is -2.21. The molecule has 0 aliphatic carbocycles. The number of nitrogens with one attached hydrogen (secondary N) is 1. The summed E-state index contributed by atoms with van der Waals surface area (Å²) in [6, 6.07) is 19.7. The highest BCUT2D eigenvalue weighted by Crippen LogP contribution is 2.19. The molecule has 144 valence electrons. The number of amides is 1. The lowest BCUT2D eigenvalue weighted by Crippen LogP contribution is -2.30. The smallest absolute Gasteiger partial charge is 0.255 e. The number of hydrogen-bond acceptors (Lipinski definition) is 4. The first-order valence-electron chi connectivity index (χ1n) is 9.35.